The molecule has 0 aromatic rings. The lowest BCUT2D eigenvalue weighted by Crippen LogP contribution is -2.45. The Bertz CT molecular complexity index is 387. The first kappa shape index (κ1) is 18.5. The van der Waals surface area contributed by atoms with Gasteiger partial charge in [0.2, 0.25) is 0 Å². The summed E-state index contributed by atoms with van der Waals surface area (Å²) in [6.45, 7) is 17.4. The first-order valence-electron chi connectivity index (χ1n) is 9.31. The van der Waals surface area contributed by atoms with Crippen molar-refractivity contribution in [2.75, 3.05) is 6.61 Å². The van der Waals surface area contributed by atoms with Crippen LogP contribution in [-0.4, -0.2) is 26.1 Å². The first-order chi connectivity index (χ1) is 9.99. The molecule has 2 aliphatic carbocycles. The molecular weight excluding hydrogens is 288 g/mol. The van der Waals surface area contributed by atoms with Gasteiger partial charge in [-0.2, -0.15) is 0 Å². The Labute approximate surface area is 139 Å². The number of hydrogen-bond donors (Lipinski definition) is 1. The van der Waals surface area contributed by atoms with E-state index in [-0.39, 0.29) is 11.1 Å². The maximum Gasteiger partial charge on any atom is 0.191 e. The average molecular weight is 327 g/mol. The quantitative estimate of drug-likeness (QED) is 0.718. The summed E-state index contributed by atoms with van der Waals surface area (Å²) >= 11 is 0. The van der Waals surface area contributed by atoms with Gasteiger partial charge in [-0.25, -0.2) is 0 Å². The molecule has 0 heterocycles. The Hall–Kier alpha value is 0.137. The fraction of sp³-hybridized carbons (Fsp3) is 1.00. The van der Waals surface area contributed by atoms with Gasteiger partial charge in [-0.3, -0.25) is 0 Å². The molecule has 2 nitrogen and oxygen atoms in total. The third-order valence-electron chi connectivity index (χ3n) is 7.36. The number of hydrogen-bond acceptors (Lipinski definition) is 2. The Morgan fingerprint density at radius 1 is 1.23 bits per heavy atom. The molecule has 0 saturated heterocycles. The predicted octanol–water partition coefficient (Wildman–Crippen LogP) is 5.22. The zero-order chi connectivity index (χ0) is 16.8. The zero-order valence-electron chi connectivity index (χ0n) is 15.9. The molecule has 2 aliphatic rings. The van der Waals surface area contributed by atoms with E-state index in [2.05, 4.69) is 47.7 Å². The van der Waals surface area contributed by atoms with E-state index in [1.54, 1.807) is 0 Å². The topological polar surface area (TPSA) is 29.5 Å². The van der Waals surface area contributed by atoms with Gasteiger partial charge in [-0.05, 0) is 67.0 Å². The lowest BCUT2D eigenvalue weighted by molar-refractivity contribution is -0.0314. The molecule has 1 N–H and O–H groups in total. The highest BCUT2D eigenvalue weighted by Crippen LogP contribution is 2.57. The molecule has 2 saturated carbocycles. The molecular formula is C19H38O2Si. The van der Waals surface area contributed by atoms with Gasteiger partial charge >= 0.3 is 0 Å². The lowest BCUT2D eigenvalue weighted by Gasteiger charge is -2.46. The van der Waals surface area contributed by atoms with Crippen molar-refractivity contribution >= 4 is 8.32 Å². The number of aliphatic hydroxyl groups is 1. The minimum absolute atomic E-state index is 0.0581. The van der Waals surface area contributed by atoms with Crippen LogP contribution in [0.4, 0.5) is 0 Å². The molecule has 3 heteroatoms. The fourth-order valence-corrected chi connectivity index (χ4v) is 5.91. The molecule has 0 amide bonds. The van der Waals surface area contributed by atoms with Gasteiger partial charge < -0.3 is 9.53 Å². The average Bonchev–Trinajstić information content (AvgIpc) is 2.73. The zero-order valence-corrected chi connectivity index (χ0v) is 16.9. The van der Waals surface area contributed by atoms with Crippen molar-refractivity contribution in [3.63, 3.8) is 0 Å². The summed E-state index contributed by atoms with van der Waals surface area (Å²) in [5.41, 5.74) is 0.341. The molecule has 2 fully saturated rings. The monoisotopic (exact) mass is 326 g/mol. The molecule has 0 bridgehead atoms. The Morgan fingerprint density at radius 2 is 1.86 bits per heavy atom. The van der Waals surface area contributed by atoms with Crippen LogP contribution in [0.5, 0.6) is 0 Å². The second-order valence-electron chi connectivity index (χ2n) is 9.80. The molecule has 0 radical (unpaired) electrons. The minimum atomic E-state index is -1.65. The fourth-order valence-electron chi connectivity index (χ4n) is 4.80. The summed E-state index contributed by atoms with van der Waals surface area (Å²) < 4.78 is 6.50. The molecule has 0 spiro atoms. The molecule has 22 heavy (non-hydrogen) atoms. The van der Waals surface area contributed by atoms with Crippen LogP contribution >= 0.6 is 0 Å². The smallest absolute Gasteiger partial charge is 0.191 e. The summed E-state index contributed by atoms with van der Waals surface area (Å²) in [6, 6.07) is 0. The van der Waals surface area contributed by atoms with E-state index in [1.165, 1.54) is 25.7 Å². The maximum absolute atomic E-state index is 10.4. The van der Waals surface area contributed by atoms with Crippen LogP contribution in [0.1, 0.15) is 66.7 Å². The van der Waals surface area contributed by atoms with Crippen LogP contribution in [0.2, 0.25) is 18.1 Å². The van der Waals surface area contributed by atoms with Gasteiger partial charge in [0.15, 0.2) is 8.32 Å². The van der Waals surface area contributed by atoms with E-state index in [1.807, 2.05) is 0 Å². The van der Waals surface area contributed by atoms with E-state index in [0.29, 0.717) is 17.3 Å². The highest BCUT2D eigenvalue weighted by Gasteiger charge is 2.52. The Morgan fingerprint density at radius 3 is 2.45 bits per heavy atom. The van der Waals surface area contributed by atoms with Crippen LogP contribution in [0.15, 0.2) is 0 Å². The molecule has 5 atom stereocenters. The summed E-state index contributed by atoms with van der Waals surface area (Å²) in [5.74, 6) is 1.85. The van der Waals surface area contributed by atoms with Crippen LogP contribution in [-0.2, 0) is 4.43 Å². The van der Waals surface area contributed by atoms with Gasteiger partial charge in [-0.1, -0.05) is 41.0 Å². The van der Waals surface area contributed by atoms with Crippen LogP contribution in [0, 0.1) is 23.2 Å². The van der Waals surface area contributed by atoms with Gasteiger partial charge in [0, 0.05) is 6.61 Å². The Kier molecular flexibility index (Phi) is 5.22. The van der Waals surface area contributed by atoms with Crippen LogP contribution < -0.4 is 0 Å². The second kappa shape index (κ2) is 6.21. The van der Waals surface area contributed by atoms with E-state index >= 15 is 0 Å². The third kappa shape index (κ3) is 3.32. The van der Waals surface area contributed by atoms with Crippen LogP contribution in [0.3, 0.4) is 0 Å². The highest BCUT2D eigenvalue weighted by molar-refractivity contribution is 6.74. The van der Waals surface area contributed by atoms with Crippen molar-refractivity contribution in [1.82, 2.24) is 0 Å². The van der Waals surface area contributed by atoms with Crippen molar-refractivity contribution in [3.05, 3.63) is 0 Å². The molecule has 2 rings (SSSR count). The molecule has 130 valence electrons. The number of rotatable bonds is 4. The summed E-state index contributed by atoms with van der Waals surface area (Å²) in [7, 11) is -1.65. The van der Waals surface area contributed by atoms with E-state index < -0.39 is 8.32 Å². The van der Waals surface area contributed by atoms with Crippen molar-refractivity contribution in [3.8, 4) is 0 Å². The van der Waals surface area contributed by atoms with Crippen molar-refractivity contribution in [2.24, 2.45) is 23.2 Å². The van der Waals surface area contributed by atoms with Gasteiger partial charge in [0.05, 0.1) is 6.10 Å². The summed E-state index contributed by atoms with van der Waals surface area (Å²) in [4.78, 5) is 0. The Balaban J connectivity index is 2.00. The van der Waals surface area contributed by atoms with Gasteiger partial charge in [0.1, 0.15) is 0 Å². The number of aliphatic hydroxyl groups excluding tert-OH is 1. The molecule has 0 aliphatic heterocycles. The van der Waals surface area contributed by atoms with Gasteiger partial charge in [-0.15, -0.1) is 0 Å². The van der Waals surface area contributed by atoms with Crippen molar-refractivity contribution in [2.45, 2.75) is 91.0 Å². The summed E-state index contributed by atoms with van der Waals surface area (Å²) in [5, 5.41) is 10.7. The first-order valence-corrected chi connectivity index (χ1v) is 12.2. The van der Waals surface area contributed by atoms with E-state index in [9.17, 15) is 5.11 Å². The van der Waals surface area contributed by atoms with E-state index in [4.69, 9.17) is 4.43 Å². The molecule has 0 unspecified atom stereocenters. The summed E-state index contributed by atoms with van der Waals surface area (Å²) in [6.07, 6.45) is 5.94. The van der Waals surface area contributed by atoms with E-state index in [0.717, 1.165) is 18.9 Å². The normalized spacial score (nSPS) is 37.9. The molecule has 0 aromatic carbocycles. The second-order valence-corrected chi connectivity index (χ2v) is 14.6. The highest BCUT2D eigenvalue weighted by atomic mass is 28.4. The number of fused-ring (bicyclic) bond motifs is 1. The van der Waals surface area contributed by atoms with Gasteiger partial charge in [0.25, 0.3) is 0 Å². The van der Waals surface area contributed by atoms with Crippen LogP contribution in [0.25, 0.3) is 0 Å². The molecule has 0 aromatic heterocycles. The SMILES string of the molecule is C[C@@H](CO[Si](C)(C)C(C)(C)C)[C@H]1CC[C@H]2[C@@H](O)CCC[C@]12C. The largest absolute Gasteiger partial charge is 0.417 e. The lowest BCUT2D eigenvalue weighted by atomic mass is 9.62. The third-order valence-corrected chi connectivity index (χ3v) is 11.9. The van der Waals surface area contributed by atoms with Crippen molar-refractivity contribution in [1.29, 1.82) is 0 Å². The maximum atomic E-state index is 10.4. The minimum Gasteiger partial charge on any atom is -0.417 e. The van der Waals surface area contributed by atoms with Crippen molar-refractivity contribution < 1.29 is 9.53 Å². The predicted molar refractivity (Wildman–Crippen MR) is 96.5 cm³/mol. The standard InChI is InChI=1S/C19H38O2Si/c1-14(13-21-22(6,7)18(2,3)4)15-10-11-16-17(20)9-8-12-19(15,16)5/h14-17,20H,8-13H2,1-7H3/t14-,15+,16-,17-,19+/m0/s1.